The summed E-state index contributed by atoms with van der Waals surface area (Å²) >= 11 is 1.64. The van der Waals surface area contributed by atoms with Crippen LogP contribution in [0.15, 0.2) is 21.9 Å². The fourth-order valence-electron chi connectivity index (χ4n) is 6.56. The van der Waals surface area contributed by atoms with E-state index in [2.05, 4.69) is 15.5 Å². The van der Waals surface area contributed by atoms with Gasteiger partial charge in [-0.05, 0) is 66.7 Å². The number of fused-ring (bicyclic) bond motifs is 1. The fraction of sp³-hybridized carbons (Fsp3) is 0.647. The molecule has 4 aliphatic rings. The third kappa shape index (κ3) is 1.26. The van der Waals surface area contributed by atoms with Gasteiger partial charge in [-0.3, -0.25) is 0 Å². The van der Waals surface area contributed by atoms with Crippen molar-refractivity contribution in [1.29, 1.82) is 0 Å². The van der Waals surface area contributed by atoms with E-state index in [9.17, 15) is 0 Å². The number of hydrogen-bond donors (Lipinski definition) is 1. The first-order valence-corrected chi connectivity index (χ1v) is 9.28. The molecule has 4 fully saturated rings. The summed E-state index contributed by atoms with van der Waals surface area (Å²) in [6.45, 7) is 0.728. The van der Waals surface area contributed by atoms with Crippen molar-refractivity contribution in [2.75, 3.05) is 0 Å². The molecule has 4 aliphatic carbocycles. The SMILES string of the molecule is c1csc(-c2nnc(CNC34CC5CC6CC(C3)C64C5)o2)c1. The standard InChI is InChI=1S/C17H19N3OS/c1-2-13(22-3-1)15-20-19-14(21-15)9-18-16-6-10-4-11-5-12(8-16)17(11,16)7-10/h1-3,10-12,18H,4-9H2. The van der Waals surface area contributed by atoms with E-state index in [4.69, 9.17) is 4.42 Å². The molecule has 2 aromatic rings. The third-order valence-electron chi connectivity index (χ3n) is 7.17. The van der Waals surface area contributed by atoms with E-state index < -0.39 is 0 Å². The monoisotopic (exact) mass is 313 g/mol. The molecule has 4 saturated carbocycles. The Morgan fingerprint density at radius 2 is 2.23 bits per heavy atom. The maximum absolute atomic E-state index is 5.83. The van der Waals surface area contributed by atoms with Crippen LogP contribution in [-0.2, 0) is 6.54 Å². The molecule has 0 amide bonds. The van der Waals surface area contributed by atoms with Crippen molar-refractivity contribution in [1.82, 2.24) is 15.5 Å². The molecule has 0 aromatic carbocycles. The average molecular weight is 313 g/mol. The van der Waals surface area contributed by atoms with Gasteiger partial charge in [-0.15, -0.1) is 21.5 Å². The van der Waals surface area contributed by atoms with Crippen LogP contribution < -0.4 is 5.32 Å². The van der Waals surface area contributed by atoms with Gasteiger partial charge in [-0.2, -0.15) is 0 Å². The molecule has 1 N–H and O–H groups in total. The zero-order valence-corrected chi connectivity index (χ0v) is 13.2. The molecule has 5 unspecified atom stereocenters. The molecule has 22 heavy (non-hydrogen) atoms. The van der Waals surface area contributed by atoms with Crippen molar-refractivity contribution in [3.05, 3.63) is 23.4 Å². The van der Waals surface area contributed by atoms with Gasteiger partial charge in [0.2, 0.25) is 5.89 Å². The van der Waals surface area contributed by atoms with Crippen molar-refractivity contribution >= 4 is 11.3 Å². The van der Waals surface area contributed by atoms with Crippen LogP contribution in [0, 0.1) is 23.2 Å². The quantitative estimate of drug-likeness (QED) is 0.939. The van der Waals surface area contributed by atoms with Crippen LogP contribution in [0.3, 0.4) is 0 Å². The maximum atomic E-state index is 5.83. The molecular formula is C17H19N3OS. The molecule has 2 heterocycles. The smallest absolute Gasteiger partial charge is 0.257 e. The number of nitrogens with zero attached hydrogens (tertiary/aromatic N) is 2. The summed E-state index contributed by atoms with van der Waals surface area (Å²) in [4.78, 5) is 1.05. The molecule has 2 bridgehead atoms. The second-order valence-corrected chi connectivity index (χ2v) is 8.75. The first-order valence-electron chi connectivity index (χ1n) is 8.40. The van der Waals surface area contributed by atoms with E-state index in [1.165, 1.54) is 32.1 Å². The Hall–Kier alpha value is -1.20. The Balaban J connectivity index is 1.22. The Kier molecular flexibility index (Phi) is 2.13. The summed E-state index contributed by atoms with van der Waals surface area (Å²) in [5.41, 5.74) is 1.06. The molecule has 6 rings (SSSR count). The fourth-order valence-corrected chi connectivity index (χ4v) is 7.21. The highest BCUT2D eigenvalue weighted by Gasteiger charge is 2.80. The molecule has 5 atom stereocenters. The highest BCUT2D eigenvalue weighted by molar-refractivity contribution is 7.13. The van der Waals surface area contributed by atoms with E-state index >= 15 is 0 Å². The summed E-state index contributed by atoms with van der Waals surface area (Å²) in [6.07, 6.45) is 7.25. The number of aromatic nitrogens is 2. The minimum atomic E-state index is 0.404. The van der Waals surface area contributed by atoms with Gasteiger partial charge in [0.05, 0.1) is 11.4 Å². The van der Waals surface area contributed by atoms with E-state index in [1.807, 2.05) is 17.5 Å². The second-order valence-electron chi connectivity index (χ2n) is 7.80. The largest absolute Gasteiger partial charge is 0.419 e. The predicted octanol–water partition coefficient (Wildman–Crippen LogP) is 3.47. The molecule has 5 heteroatoms. The van der Waals surface area contributed by atoms with Crippen molar-refractivity contribution in [2.45, 2.75) is 44.2 Å². The summed E-state index contributed by atoms with van der Waals surface area (Å²) in [5.74, 6) is 4.40. The highest BCUT2D eigenvalue weighted by atomic mass is 32.1. The van der Waals surface area contributed by atoms with E-state index in [0.29, 0.717) is 16.8 Å². The van der Waals surface area contributed by atoms with Crippen LogP contribution in [0.25, 0.3) is 10.8 Å². The molecule has 4 nitrogen and oxygen atoms in total. The lowest BCUT2D eigenvalue weighted by atomic mass is 9.35. The maximum Gasteiger partial charge on any atom is 0.257 e. The van der Waals surface area contributed by atoms with Gasteiger partial charge in [-0.1, -0.05) is 6.07 Å². The molecular weight excluding hydrogens is 294 g/mol. The topological polar surface area (TPSA) is 51.0 Å². The van der Waals surface area contributed by atoms with Crippen LogP contribution in [-0.4, -0.2) is 15.7 Å². The number of rotatable bonds is 4. The van der Waals surface area contributed by atoms with Crippen LogP contribution in [0.4, 0.5) is 0 Å². The Bertz CT molecular complexity index is 741. The van der Waals surface area contributed by atoms with Crippen LogP contribution in [0.2, 0.25) is 0 Å². The summed E-state index contributed by atoms with van der Waals surface area (Å²) < 4.78 is 5.83. The van der Waals surface area contributed by atoms with Crippen LogP contribution in [0.5, 0.6) is 0 Å². The summed E-state index contributed by atoms with van der Waals surface area (Å²) in [6, 6.07) is 4.04. The zero-order valence-electron chi connectivity index (χ0n) is 12.4. The van der Waals surface area contributed by atoms with Gasteiger partial charge in [-0.25, -0.2) is 0 Å². The lowest BCUT2D eigenvalue weighted by molar-refractivity contribution is -0.207. The average Bonchev–Trinajstić information content (AvgIpc) is 3.23. The second kappa shape index (κ2) is 3.82. The summed E-state index contributed by atoms with van der Waals surface area (Å²) in [7, 11) is 0. The van der Waals surface area contributed by atoms with Crippen molar-refractivity contribution in [2.24, 2.45) is 23.2 Å². The Labute approximate surface area is 133 Å². The predicted molar refractivity (Wildman–Crippen MR) is 83.2 cm³/mol. The normalized spacial score (nSPS) is 43.7. The van der Waals surface area contributed by atoms with Crippen LogP contribution >= 0.6 is 11.3 Å². The lowest BCUT2D eigenvalue weighted by Gasteiger charge is -2.73. The molecule has 2 aromatic heterocycles. The number of hydrogen-bond acceptors (Lipinski definition) is 5. The van der Waals surface area contributed by atoms with Gasteiger partial charge in [0, 0.05) is 5.54 Å². The Morgan fingerprint density at radius 3 is 3.05 bits per heavy atom. The lowest BCUT2D eigenvalue weighted by Crippen LogP contribution is -2.75. The van der Waals surface area contributed by atoms with Crippen molar-refractivity contribution in [3.8, 4) is 10.8 Å². The van der Waals surface area contributed by atoms with E-state index in [1.54, 1.807) is 11.3 Å². The van der Waals surface area contributed by atoms with E-state index in [-0.39, 0.29) is 0 Å². The number of thiophene rings is 1. The summed E-state index contributed by atoms with van der Waals surface area (Å²) in [5, 5.41) is 14.3. The van der Waals surface area contributed by atoms with Gasteiger partial charge < -0.3 is 9.73 Å². The van der Waals surface area contributed by atoms with E-state index in [0.717, 1.165) is 35.1 Å². The van der Waals surface area contributed by atoms with Gasteiger partial charge in [0.25, 0.3) is 5.89 Å². The number of nitrogens with one attached hydrogen (secondary N) is 1. The van der Waals surface area contributed by atoms with Gasteiger partial charge in [0.1, 0.15) is 0 Å². The first kappa shape index (κ1) is 12.3. The third-order valence-corrected chi connectivity index (χ3v) is 8.03. The van der Waals surface area contributed by atoms with Crippen molar-refractivity contribution < 1.29 is 4.42 Å². The minimum absolute atomic E-state index is 0.404. The first-order chi connectivity index (χ1) is 10.8. The zero-order chi connectivity index (χ0) is 14.4. The van der Waals surface area contributed by atoms with Crippen LogP contribution in [0.1, 0.15) is 38.0 Å². The highest BCUT2D eigenvalue weighted by Crippen LogP contribution is 2.82. The van der Waals surface area contributed by atoms with Gasteiger partial charge in [0.15, 0.2) is 0 Å². The molecule has 114 valence electrons. The van der Waals surface area contributed by atoms with Gasteiger partial charge >= 0.3 is 0 Å². The molecule has 0 aliphatic heterocycles. The van der Waals surface area contributed by atoms with Crippen molar-refractivity contribution in [3.63, 3.8) is 0 Å². The molecule has 0 radical (unpaired) electrons. The molecule has 0 saturated heterocycles. The Morgan fingerprint density at radius 1 is 1.23 bits per heavy atom. The molecule has 1 spiro atoms. The minimum Gasteiger partial charge on any atom is -0.419 e.